The minimum atomic E-state index is -0.705. The van der Waals surface area contributed by atoms with Crippen LogP contribution in [0.1, 0.15) is 0 Å². The van der Waals surface area contributed by atoms with Crippen molar-refractivity contribution >= 4 is 11.7 Å². The van der Waals surface area contributed by atoms with Crippen LogP contribution in [-0.2, 0) is 16.1 Å². The van der Waals surface area contributed by atoms with Crippen molar-refractivity contribution in [1.29, 1.82) is 0 Å². The zero-order valence-electron chi connectivity index (χ0n) is 21.9. The summed E-state index contributed by atoms with van der Waals surface area (Å²) >= 11 is 0. The number of rotatable bonds is 7. The summed E-state index contributed by atoms with van der Waals surface area (Å²) in [6.07, 6.45) is 0.223. The van der Waals surface area contributed by atoms with Gasteiger partial charge in [0, 0.05) is 43.4 Å². The molecular formula is C28H27F2N7O4. The second-order valence-electron chi connectivity index (χ2n) is 9.77. The number of aliphatic hydroxyl groups is 1. The van der Waals surface area contributed by atoms with Gasteiger partial charge in [0.05, 0.1) is 13.2 Å². The molecule has 0 bridgehead atoms. The fourth-order valence-electron chi connectivity index (χ4n) is 4.76. The number of halogens is 2. The molecule has 1 amide bonds. The van der Waals surface area contributed by atoms with Crippen LogP contribution in [0, 0.1) is 11.6 Å². The van der Waals surface area contributed by atoms with E-state index in [1.807, 2.05) is 4.90 Å². The molecule has 2 saturated heterocycles. The molecule has 0 spiro atoms. The van der Waals surface area contributed by atoms with Crippen molar-refractivity contribution < 1.29 is 28.2 Å². The third-order valence-corrected chi connectivity index (χ3v) is 7.02. The van der Waals surface area contributed by atoms with Crippen LogP contribution in [0.15, 0.2) is 60.9 Å². The van der Waals surface area contributed by atoms with E-state index in [1.54, 1.807) is 35.2 Å². The van der Waals surface area contributed by atoms with E-state index in [4.69, 9.17) is 9.47 Å². The Balaban J connectivity index is 1.14. The fourth-order valence-corrected chi connectivity index (χ4v) is 4.76. The molecular weight excluding hydrogens is 536 g/mol. The number of hydrogen-bond donors (Lipinski definition) is 1. The van der Waals surface area contributed by atoms with Crippen LogP contribution in [0.25, 0.3) is 22.8 Å². The van der Waals surface area contributed by atoms with E-state index in [9.17, 15) is 18.7 Å². The van der Waals surface area contributed by atoms with Crippen molar-refractivity contribution in [2.45, 2.75) is 18.8 Å². The summed E-state index contributed by atoms with van der Waals surface area (Å²) in [5.74, 6) is 0.830. The highest BCUT2D eigenvalue weighted by molar-refractivity contribution is 5.77. The molecule has 41 heavy (non-hydrogen) atoms. The van der Waals surface area contributed by atoms with Gasteiger partial charge < -0.3 is 24.4 Å². The van der Waals surface area contributed by atoms with Crippen LogP contribution in [-0.4, -0.2) is 92.2 Å². The van der Waals surface area contributed by atoms with Crippen LogP contribution in [0.2, 0.25) is 0 Å². The van der Waals surface area contributed by atoms with E-state index in [-0.39, 0.29) is 30.7 Å². The van der Waals surface area contributed by atoms with Crippen molar-refractivity contribution in [2.75, 3.05) is 44.3 Å². The molecule has 0 saturated carbocycles. The number of aliphatic hydroxyl groups excluding tert-OH is 1. The number of piperazine rings is 1. The predicted molar refractivity (Wildman–Crippen MR) is 143 cm³/mol. The number of benzene rings is 2. The van der Waals surface area contributed by atoms with E-state index in [0.717, 1.165) is 0 Å². The highest BCUT2D eigenvalue weighted by Crippen LogP contribution is 2.24. The van der Waals surface area contributed by atoms with Crippen molar-refractivity contribution in [3.63, 3.8) is 0 Å². The largest absolute Gasteiger partial charge is 0.469 e. The summed E-state index contributed by atoms with van der Waals surface area (Å²) in [5, 5.41) is 14.5. The van der Waals surface area contributed by atoms with Gasteiger partial charge in [0.2, 0.25) is 11.8 Å². The molecule has 2 aliphatic heterocycles. The molecule has 2 atom stereocenters. The van der Waals surface area contributed by atoms with E-state index >= 15 is 0 Å². The predicted octanol–water partition coefficient (Wildman–Crippen LogP) is 2.17. The molecule has 11 nitrogen and oxygen atoms in total. The average Bonchev–Trinajstić information content (AvgIpc) is 3.60. The topological polar surface area (TPSA) is 119 Å². The van der Waals surface area contributed by atoms with Crippen LogP contribution in [0.4, 0.5) is 14.6 Å². The minimum Gasteiger partial charge on any atom is -0.469 e. The Labute approximate surface area is 234 Å². The Kier molecular flexibility index (Phi) is 7.53. The Hall–Kier alpha value is -4.49. The van der Waals surface area contributed by atoms with Crippen molar-refractivity contribution in [3.8, 4) is 28.7 Å². The molecule has 1 N–H and O–H groups in total. The van der Waals surface area contributed by atoms with Gasteiger partial charge in [-0.25, -0.2) is 28.4 Å². The van der Waals surface area contributed by atoms with Crippen LogP contribution in [0.5, 0.6) is 5.88 Å². The number of carbonyl (C=O) groups is 1. The highest BCUT2D eigenvalue weighted by Gasteiger charge is 2.29. The summed E-state index contributed by atoms with van der Waals surface area (Å²) in [4.78, 5) is 30.2. The summed E-state index contributed by atoms with van der Waals surface area (Å²) in [7, 11) is 0. The maximum Gasteiger partial charge on any atom is 0.244 e. The molecule has 6 rings (SSSR count). The van der Waals surface area contributed by atoms with Crippen LogP contribution in [0.3, 0.4) is 0 Å². The van der Waals surface area contributed by atoms with Crippen molar-refractivity contribution in [2.24, 2.45) is 0 Å². The molecule has 212 valence electrons. The molecule has 0 aliphatic carbocycles. The van der Waals surface area contributed by atoms with Gasteiger partial charge in [0.15, 0.2) is 17.8 Å². The molecule has 0 radical (unpaired) electrons. The van der Waals surface area contributed by atoms with Gasteiger partial charge in [-0.1, -0.05) is 0 Å². The normalized spacial score (nSPS) is 19.0. The molecule has 2 aromatic carbocycles. The molecule has 4 aromatic rings. The Morgan fingerprint density at radius 2 is 1.63 bits per heavy atom. The average molecular weight is 564 g/mol. The SMILES string of the molecule is O=C(Cn1nc(-c2ccc(F)cc2)nc1-c1ccc(F)cc1)N1CCN(c2cc(O[C@H]3COC[C@H]3O)ncn2)CC1. The van der Waals surface area contributed by atoms with E-state index in [1.165, 1.54) is 35.3 Å². The third kappa shape index (κ3) is 6.00. The van der Waals surface area contributed by atoms with Crippen molar-refractivity contribution in [1.82, 2.24) is 29.6 Å². The lowest BCUT2D eigenvalue weighted by Crippen LogP contribution is -2.50. The lowest BCUT2D eigenvalue weighted by molar-refractivity contribution is -0.132. The Bertz CT molecular complexity index is 1510. The minimum absolute atomic E-state index is 0.0712. The third-order valence-electron chi connectivity index (χ3n) is 7.02. The van der Waals surface area contributed by atoms with E-state index < -0.39 is 12.2 Å². The number of carbonyl (C=O) groups excluding carboxylic acids is 1. The fraction of sp³-hybridized carbons (Fsp3) is 0.321. The molecule has 13 heteroatoms. The maximum absolute atomic E-state index is 13.6. The molecule has 4 heterocycles. The summed E-state index contributed by atoms with van der Waals surface area (Å²) in [6, 6.07) is 13.3. The summed E-state index contributed by atoms with van der Waals surface area (Å²) in [6.45, 7) is 2.45. The zero-order chi connectivity index (χ0) is 28.3. The molecule has 0 unspecified atom stereocenters. The summed E-state index contributed by atoms with van der Waals surface area (Å²) in [5.41, 5.74) is 1.20. The standard InChI is InChI=1S/C28H27F2N7O4/c29-20-5-1-18(2-6-20)27-33-28(19-3-7-21(30)8-4-19)37(34-27)14-26(39)36-11-9-35(10-12-36)24-13-25(32-17-31-24)41-23-16-40-15-22(23)38/h1-8,13,17,22-23,38H,9-12,14-16H2/t22-,23+/m1/s1. The van der Waals surface area contributed by atoms with Gasteiger partial charge >= 0.3 is 0 Å². The monoisotopic (exact) mass is 563 g/mol. The number of anilines is 1. The van der Waals surface area contributed by atoms with Crippen molar-refractivity contribution in [3.05, 3.63) is 72.6 Å². The molecule has 2 fully saturated rings. The lowest BCUT2D eigenvalue weighted by atomic mass is 10.2. The Morgan fingerprint density at radius 1 is 0.951 bits per heavy atom. The van der Waals surface area contributed by atoms with Crippen LogP contribution < -0.4 is 9.64 Å². The first-order chi connectivity index (χ1) is 19.9. The second kappa shape index (κ2) is 11.6. The smallest absolute Gasteiger partial charge is 0.244 e. The highest BCUT2D eigenvalue weighted by atomic mass is 19.1. The van der Waals surface area contributed by atoms with Gasteiger partial charge in [-0.05, 0) is 48.5 Å². The van der Waals surface area contributed by atoms with Crippen LogP contribution >= 0.6 is 0 Å². The zero-order valence-corrected chi connectivity index (χ0v) is 21.9. The first-order valence-corrected chi connectivity index (χ1v) is 13.2. The van der Waals surface area contributed by atoms with E-state index in [0.29, 0.717) is 67.3 Å². The van der Waals surface area contributed by atoms with Gasteiger partial charge in [0.1, 0.15) is 36.4 Å². The quantitative estimate of drug-likeness (QED) is 0.361. The number of amides is 1. The first-order valence-electron chi connectivity index (χ1n) is 13.2. The number of nitrogens with zero attached hydrogens (tertiary/aromatic N) is 7. The Morgan fingerprint density at radius 3 is 2.29 bits per heavy atom. The summed E-state index contributed by atoms with van der Waals surface area (Å²) < 4.78 is 39.5. The van der Waals surface area contributed by atoms with E-state index in [2.05, 4.69) is 20.1 Å². The van der Waals surface area contributed by atoms with Gasteiger partial charge in [-0.2, -0.15) is 0 Å². The molecule has 2 aromatic heterocycles. The molecule has 2 aliphatic rings. The number of aromatic nitrogens is 5. The van der Waals surface area contributed by atoms with Gasteiger partial charge in [0.25, 0.3) is 0 Å². The lowest BCUT2D eigenvalue weighted by Gasteiger charge is -2.35. The maximum atomic E-state index is 13.6. The second-order valence-corrected chi connectivity index (χ2v) is 9.77. The number of ether oxygens (including phenoxy) is 2. The first kappa shape index (κ1) is 26.7. The van der Waals surface area contributed by atoms with Gasteiger partial charge in [-0.3, -0.25) is 4.79 Å². The van der Waals surface area contributed by atoms with Gasteiger partial charge in [-0.15, -0.1) is 5.10 Å². The number of hydrogen-bond acceptors (Lipinski definition) is 9.